The Bertz CT molecular complexity index is 510. The van der Waals surface area contributed by atoms with Crippen LogP contribution in [0.4, 0.5) is 10.1 Å². The molecule has 0 bridgehead atoms. The Morgan fingerprint density at radius 3 is 2.71 bits per heavy atom. The van der Waals surface area contributed by atoms with Crippen molar-refractivity contribution < 1.29 is 4.39 Å². The molecule has 17 heavy (non-hydrogen) atoms. The van der Waals surface area contributed by atoms with Gasteiger partial charge in [-0.25, -0.2) is 4.39 Å². The lowest BCUT2D eigenvalue weighted by molar-refractivity contribution is 0.625. The van der Waals surface area contributed by atoms with Crippen LogP contribution in [0.5, 0.6) is 0 Å². The van der Waals surface area contributed by atoms with E-state index in [-0.39, 0.29) is 5.82 Å². The molecular formula is C13H11BrFNS. The van der Waals surface area contributed by atoms with Gasteiger partial charge in [0, 0.05) is 20.8 Å². The van der Waals surface area contributed by atoms with Crippen LogP contribution in [-0.4, -0.2) is 0 Å². The van der Waals surface area contributed by atoms with Crippen LogP contribution >= 0.6 is 27.7 Å². The Kier molecular flexibility index (Phi) is 4.07. The van der Waals surface area contributed by atoms with Crippen LogP contribution in [0.25, 0.3) is 0 Å². The van der Waals surface area contributed by atoms with Gasteiger partial charge in [-0.2, -0.15) is 0 Å². The van der Waals surface area contributed by atoms with Crippen molar-refractivity contribution in [1.29, 1.82) is 0 Å². The second-order valence-electron chi connectivity index (χ2n) is 3.64. The molecule has 2 aromatic carbocycles. The first kappa shape index (κ1) is 12.5. The first-order valence-electron chi connectivity index (χ1n) is 5.07. The summed E-state index contributed by atoms with van der Waals surface area (Å²) < 4.78 is 13.9. The number of hydrogen-bond acceptors (Lipinski definition) is 2. The Hall–Kier alpha value is -1.00. The Morgan fingerprint density at radius 2 is 2.00 bits per heavy atom. The number of hydrogen-bond donors (Lipinski definition) is 1. The maximum Gasteiger partial charge on any atom is 0.124 e. The third kappa shape index (κ3) is 3.75. The van der Waals surface area contributed by atoms with E-state index in [0.717, 1.165) is 26.4 Å². The van der Waals surface area contributed by atoms with Crippen LogP contribution in [0, 0.1) is 5.82 Å². The minimum absolute atomic E-state index is 0.220. The number of nitrogen functional groups attached to an aromatic ring is 1. The van der Waals surface area contributed by atoms with E-state index in [1.807, 2.05) is 30.3 Å². The largest absolute Gasteiger partial charge is 0.399 e. The molecule has 0 spiro atoms. The quantitative estimate of drug-likeness (QED) is 0.669. The lowest BCUT2D eigenvalue weighted by atomic mass is 10.2. The zero-order chi connectivity index (χ0) is 12.3. The summed E-state index contributed by atoms with van der Waals surface area (Å²) in [7, 11) is 0. The number of benzene rings is 2. The molecule has 0 unspecified atom stereocenters. The van der Waals surface area contributed by atoms with Gasteiger partial charge in [0.05, 0.1) is 0 Å². The van der Waals surface area contributed by atoms with E-state index >= 15 is 0 Å². The van der Waals surface area contributed by atoms with E-state index in [0.29, 0.717) is 0 Å². The summed E-state index contributed by atoms with van der Waals surface area (Å²) in [5.74, 6) is 0.502. The topological polar surface area (TPSA) is 26.0 Å². The zero-order valence-corrected chi connectivity index (χ0v) is 11.4. The van der Waals surface area contributed by atoms with E-state index < -0.39 is 0 Å². The second-order valence-corrected chi connectivity index (χ2v) is 5.60. The van der Waals surface area contributed by atoms with Crippen molar-refractivity contribution in [2.45, 2.75) is 10.6 Å². The highest BCUT2D eigenvalue weighted by Gasteiger charge is 2.01. The summed E-state index contributed by atoms with van der Waals surface area (Å²) in [5.41, 5.74) is 7.39. The van der Waals surface area contributed by atoms with Gasteiger partial charge in [-0.1, -0.05) is 22.0 Å². The van der Waals surface area contributed by atoms with Gasteiger partial charge in [0.25, 0.3) is 0 Å². The van der Waals surface area contributed by atoms with Crippen LogP contribution in [0.2, 0.25) is 0 Å². The number of rotatable bonds is 3. The van der Waals surface area contributed by atoms with E-state index in [2.05, 4.69) is 15.9 Å². The monoisotopic (exact) mass is 311 g/mol. The van der Waals surface area contributed by atoms with Crippen molar-refractivity contribution in [1.82, 2.24) is 0 Å². The summed E-state index contributed by atoms with van der Waals surface area (Å²) >= 11 is 4.92. The summed E-state index contributed by atoms with van der Waals surface area (Å²) in [6, 6.07) is 12.6. The molecule has 0 aliphatic carbocycles. The lowest BCUT2D eigenvalue weighted by Gasteiger charge is -2.04. The maximum absolute atomic E-state index is 13.2. The van der Waals surface area contributed by atoms with Crippen LogP contribution in [0.1, 0.15) is 5.56 Å². The highest BCUT2D eigenvalue weighted by molar-refractivity contribution is 9.10. The van der Waals surface area contributed by atoms with Crippen molar-refractivity contribution in [2.75, 3.05) is 5.73 Å². The summed E-state index contributed by atoms with van der Waals surface area (Å²) in [4.78, 5) is 1.09. The average molecular weight is 312 g/mol. The van der Waals surface area contributed by atoms with Crippen LogP contribution in [0.15, 0.2) is 51.8 Å². The molecule has 0 fully saturated rings. The number of halogens is 2. The standard InChI is InChI=1S/C13H11BrFNS/c14-10-4-9(5-11(15)6-10)8-17-13-3-1-2-12(16)7-13/h1-7H,8,16H2. The predicted molar refractivity (Wildman–Crippen MR) is 74.5 cm³/mol. The van der Waals surface area contributed by atoms with Gasteiger partial charge >= 0.3 is 0 Å². The Balaban J connectivity index is 2.07. The molecule has 0 saturated carbocycles. The van der Waals surface area contributed by atoms with E-state index in [1.54, 1.807) is 17.8 Å². The van der Waals surface area contributed by atoms with Crippen molar-refractivity contribution in [3.63, 3.8) is 0 Å². The van der Waals surface area contributed by atoms with Crippen LogP contribution in [0.3, 0.4) is 0 Å². The molecule has 0 amide bonds. The third-order valence-electron chi connectivity index (χ3n) is 2.19. The van der Waals surface area contributed by atoms with Gasteiger partial charge < -0.3 is 5.73 Å². The van der Waals surface area contributed by atoms with Crippen molar-refractivity contribution in [3.8, 4) is 0 Å². The fourth-order valence-corrected chi connectivity index (χ4v) is 2.87. The molecule has 2 aromatic rings. The fraction of sp³-hybridized carbons (Fsp3) is 0.0769. The van der Waals surface area contributed by atoms with Crippen LogP contribution in [-0.2, 0) is 5.75 Å². The minimum atomic E-state index is -0.220. The molecule has 0 aliphatic heterocycles. The van der Waals surface area contributed by atoms with Crippen molar-refractivity contribution in [3.05, 3.63) is 58.3 Å². The van der Waals surface area contributed by atoms with Crippen molar-refractivity contribution >= 4 is 33.4 Å². The van der Waals surface area contributed by atoms with E-state index in [4.69, 9.17) is 5.73 Å². The van der Waals surface area contributed by atoms with Crippen LogP contribution < -0.4 is 5.73 Å². The van der Waals surface area contributed by atoms with Gasteiger partial charge in [-0.15, -0.1) is 11.8 Å². The fourth-order valence-electron chi connectivity index (χ4n) is 1.47. The number of anilines is 1. The Morgan fingerprint density at radius 1 is 1.18 bits per heavy atom. The Labute approximate surface area is 112 Å². The van der Waals surface area contributed by atoms with Crippen molar-refractivity contribution in [2.24, 2.45) is 0 Å². The molecule has 88 valence electrons. The predicted octanol–water partition coefficient (Wildman–Crippen LogP) is 4.46. The molecule has 0 saturated heterocycles. The zero-order valence-electron chi connectivity index (χ0n) is 8.99. The number of nitrogens with two attached hydrogens (primary N) is 1. The molecule has 0 aliphatic rings. The molecule has 0 radical (unpaired) electrons. The van der Waals surface area contributed by atoms with Gasteiger partial charge in [0.1, 0.15) is 5.82 Å². The normalized spacial score (nSPS) is 10.5. The molecule has 0 aromatic heterocycles. The second kappa shape index (κ2) is 5.56. The highest BCUT2D eigenvalue weighted by atomic mass is 79.9. The smallest absolute Gasteiger partial charge is 0.124 e. The molecule has 0 atom stereocenters. The number of thioether (sulfide) groups is 1. The van der Waals surface area contributed by atoms with Gasteiger partial charge in [0.15, 0.2) is 0 Å². The van der Waals surface area contributed by atoms with Gasteiger partial charge in [0.2, 0.25) is 0 Å². The molecule has 4 heteroatoms. The van der Waals surface area contributed by atoms with E-state index in [9.17, 15) is 4.39 Å². The van der Waals surface area contributed by atoms with E-state index in [1.165, 1.54) is 6.07 Å². The molecule has 2 N–H and O–H groups in total. The molecule has 2 rings (SSSR count). The molecule has 1 nitrogen and oxygen atoms in total. The summed E-state index contributed by atoms with van der Waals surface area (Å²) in [6.07, 6.45) is 0. The minimum Gasteiger partial charge on any atom is -0.399 e. The highest BCUT2D eigenvalue weighted by Crippen LogP contribution is 2.26. The first-order chi connectivity index (χ1) is 8.13. The molecule has 0 heterocycles. The van der Waals surface area contributed by atoms with Gasteiger partial charge in [-0.05, 0) is 42.0 Å². The van der Waals surface area contributed by atoms with Gasteiger partial charge in [-0.3, -0.25) is 0 Å². The average Bonchev–Trinajstić information content (AvgIpc) is 2.25. The lowest BCUT2D eigenvalue weighted by Crippen LogP contribution is -1.86. The summed E-state index contributed by atoms with van der Waals surface area (Å²) in [5, 5.41) is 0. The summed E-state index contributed by atoms with van der Waals surface area (Å²) in [6.45, 7) is 0. The maximum atomic E-state index is 13.2. The first-order valence-corrected chi connectivity index (χ1v) is 6.85. The molecular weight excluding hydrogens is 301 g/mol. The SMILES string of the molecule is Nc1cccc(SCc2cc(F)cc(Br)c2)c1. The third-order valence-corrected chi connectivity index (χ3v) is 3.71.